The Kier molecular flexibility index (Phi) is 3.74. The standard InChI is InChI=1S/C13H17F2NO/c14-13(15,9-17)8-16-12(11-6-7-11)10-4-2-1-3-5-10/h1-5,11-12,16-17H,6-9H2. The molecule has 4 heteroatoms. The Morgan fingerprint density at radius 3 is 2.47 bits per heavy atom. The molecule has 94 valence electrons. The second-order valence-corrected chi connectivity index (χ2v) is 4.62. The van der Waals surface area contributed by atoms with Crippen LogP contribution in [0.2, 0.25) is 0 Å². The monoisotopic (exact) mass is 241 g/mol. The highest BCUT2D eigenvalue weighted by Crippen LogP contribution is 2.41. The van der Waals surface area contributed by atoms with Crippen LogP contribution in [0.3, 0.4) is 0 Å². The van der Waals surface area contributed by atoms with Gasteiger partial charge in [0, 0.05) is 6.04 Å². The van der Waals surface area contributed by atoms with Gasteiger partial charge in [0.2, 0.25) is 0 Å². The molecule has 0 saturated heterocycles. The highest BCUT2D eigenvalue weighted by atomic mass is 19.3. The number of hydrogen-bond donors (Lipinski definition) is 2. The first-order chi connectivity index (χ1) is 8.12. The number of rotatable bonds is 6. The zero-order chi connectivity index (χ0) is 12.3. The zero-order valence-electron chi connectivity index (χ0n) is 9.57. The highest BCUT2D eigenvalue weighted by Gasteiger charge is 2.35. The molecule has 1 aliphatic rings. The molecule has 1 unspecified atom stereocenters. The molecule has 2 rings (SSSR count). The lowest BCUT2D eigenvalue weighted by Crippen LogP contribution is -2.38. The minimum Gasteiger partial charge on any atom is -0.390 e. The molecule has 0 amide bonds. The molecule has 1 saturated carbocycles. The van der Waals surface area contributed by atoms with Crippen LogP contribution in [-0.2, 0) is 0 Å². The van der Waals surface area contributed by atoms with Crippen LogP contribution in [0.25, 0.3) is 0 Å². The zero-order valence-corrected chi connectivity index (χ0v) is 9.57. The van der Waals surface area contributed by atoms with Crippen molar-refractivity contribution in [3.63, 3.8) is 0 Å². The SMILES string of the molecule is OCC(F)(F)CNC(c1ccccc1)C1CC1. The van der Waals surface area contributed by atoms with Crippen LogP contribution in [0, 0.1) is 5.92 Å². The van der Waals surface area contributed by atoms with Crippen molar-refractivity contribution >= 4 is 0 Å². The number of aliphatic hydroxyl groups excluding tert-OH is 1. The van der Waals surface area contributed by atoms with Crippen molar-refractivity contribution in [3.05, 3.63) is 35.9 Å². The molecule has 0 radical (unpaired) electrons. The molecule has 1 fully saturated rings. The average molecular weight is 241 g/mol. The summed E-state index contributed by atoms with van der Waals surface area (Å²) in [6.07, 6.45) is 2.16. The molecule has 1 aromatic rings. The van der Waals surface area contributed by atoms with Crippen molar-refractivity contribution in [3.8, 4) is 0 Å². The van der Waals surface area contributed by atoms with E-state index in [0.717, 1.165) is 18.4 Å². The Balaban J connectivity index is 1.99. The maximum absolute atomic E-state index is 13.0. The van der Waals surface area contributed by atoms with Crippen LogP contribution in [0.5, 0.6) is 0 Å². The average Bonchev–Trinajstić information content (AvgIpc) is 3.15. The minimum absolute atomic E-state index is 0.0198. The summed E-state index contributed by atoms with van der Waals surface area (Å²) >= 11 is 0. The van der Waals surface area contributed by atoms with Gasteiger partial charge in [-0.15, -0.1) is 0 Å². The van der Waals surface area contributed by atoms with E-state index in [9.17, 15) is 8.78 Å². The number of benzene rings is 1. The molecule has 0 aromatic heterocycles. The Labute approximate surface area is 99.7 Å². The second kappa shape index (κ2) is 5.10. The van der Waals surface area contributed by atoms with Crippen LogP contribution >= 0.6 is 0 Å². The molecule has 2 N–H and O–H groups in total. The topological polar surface area (TPSA) is 32.3 Å². The van der Waals surface area contributed by atoms with E-state index in [1.165, 1.54) is 0 Å². The molecular weight excluding hydrogens is 224 g/mol. The van der Waals surface area contributed by atoms with Gasteiger partial charge in [-0.25, -0.2) is 8.78 Å². The van der Waals surface area contributed by atoms with Crippen molar-refractivity contribution in [2.24, 2.45) is 5.92 Å². The number of alkyl halides is 2. The maximum atomic E-state index is 13.0. The van der Waals surface area contributed by atoms with E-state index in [2.05, 4.69) is 5.32 Å². The normalized spacial score (nSPS) is 18.1. The smallest absolute Gasteiger partial charge is 0.282 e. The quantitative estimate of drug-likeness (QED) is 0.801. The largest absolute Gasteiger partial charge is 0.390 e. The lowest BCUT2D eigenvalue weighted by Gasteiger charge is -2.22. The van der Waals surface area contributed by atoms with E-state index in [4.69, 9.17) is 5.11 Å². The lowest BCUT2D eigenvalue weighted by molar-refractivity contribution is -0.0498. The van der Waals surface area contributed by atoms with E-state index in [1.54, 1.807) is 0 Å². The molecule has 1 aromatic carbocycles. The van der Waals surface area contributed by atoms with Gasteiger partial charge < -0.3 is 10.4 Å². The molecule has 1 aliphatic carbocycles. The van der Waals surface area contributed by atoms with Crippen LogP contribution in [0.4, 0.5) is 8.78 Å². The summed E-state index contributed by atoms with van der Waals surface area (Å²) < 4.78 is 26.0. The summed E-state index contributed by atoms with van der Waals surface area (Å²) in [5.74, 6) is -2.59. The van der Waals surface area contributed by atoms with E-state index in [0.29, 0.717) is 5.92 Å². The number of hydrogen-bond acceptors (Lipinski definition) is 2. The molecule has 0 aliphatic heterocycles. The van der Waals surface area contributed by atoms with Gasteiger partial charge in [-0.05, 0) is 24.3 Å². The summed E-state index contributed by atoms with van der Waals surface area (Å²) in [5, 5.41) is 11.4. The first-order valence-corrected chi connectivity index (χ1v) is 5.89. The Bertz CT molecular complexity index is 352. The molecular formula is C13H17F2NO. The van der Waals surface area contributed by atoms with Gasteiger partial charge in [0.05, 0.1) is 6.54 Å². The Morgan fingerprint density at radius 2 is 1.94 bits per heavy atom. The number of halogens is 2. The molecule has 2 nitrogen and oxygen atoms in total. The van der Waals surface area contributed by atoms with Crippen molar-refractivity contribution in [1.29, 1.82) is 0 Å². The highest BCUT2D eigenvalue weighted by molar-refractivity contribution is 5.21. The van der Waals surface area contributed by atoms with E-state index in [1.807, 2.05) is 30.3 Å². The predicted molar refractivity (Wildman–Crippen MR) is 61.9 cm³/mol. The molecule has 0 heterocycles. The third kappa shape index (κ3) is 3.48. The third-order valence-electron chi connectivity index (χ3n) is 3.06. The van der Waals surface area contributed by atoms with Crippen molar-refractivity contribution in [1.82, 2.24) is 5.32 Å². The maximum Gasteiger partial charge on any atom is 0.282 e. The summed E-state index contributed by atoms with van der Waals surface area (Å²) in [6.45, 7) is -1.58. The van der Waals surface area contributed by atoms with E-state index >= 15 is 0 Å². The van der Waals surface area contributed by atoms with E-state index in [-0.39, 0.29) is 6.04 Å². The van der Waals surface area contributed by atoms with Crippen LogP contribution in [0.15, 0.2) is 30.3 Å². The Morgan fingerprint density at radius 1 is 1.29 bits per heavy atom. The number of aliphatic hydroxyl groups is 1. The summed E-state index contributed by atoms with van der Waals surface area (Å²) in [4.78, 5) is 0. The van der Waals surface area contributed by atoms with Gasteiger partial charge in [-0.1, -0.05) is 30.3 Å². The van der Waals surface area contributed by atoms with Crippen molar-refractivity contribution in [2.45, 2.75) is 24.8 Å². The van der Waals surface area contributed by atoms with Gasteiger partial charge >= 0.3 is 0 Å². The molecule has 0 spiro atoms. The summed E-state index contributed by atoms with van der Waals surface area (Å²) in [7, 11) is 0. The predicted octanol–water partition coefficient (Wildman–Crippen LogP) is 2.35. The fraction of sp³-hybridized carbons (Fsp3) is 0.538. The van der Waals surface area contributed by atoms with Crippen molar-refractivity contribution < 1.29 is 13.9 Å². The van der Waals surface area contributed by atoms with Gasteiger partial charge in [0.15, 0.2) is 0 Å². The van der Waals surface area contributed by atoms with Crippen LogP contribution in [0.1, 0.15) is 24.4 Å². The summed E-state index contributed by atoms with van der Waals surface area (Å²) in [6, 6.07) is 9.62. The molecule has 0 bridgehead atoms. The Hall–Kier alpha value is -1.00. The van der Waals surface area contributed by atoms with Crippen LogP contribution < -0.4 is 5.32 Å². The first-order valence-electron chi connectivity index (χ1n) is 5.89. The number of nitrogens with one attached hydrogen (secondary N) is 1. The summed E-state index contributed by atoms with van der Waals surface area (Å²) in [5.41, 5.74) is 1.05. The fourth-order valence-corrected chi connectivity index (χ4v) is 1.96. The first kappa shape index (κ1) is 12.5. The van der Waals surface area contributed by atoms with E-state index < -0.39 is 19.1 Å². The van der Waals surface area contributed by atoms with Gasteiger partial charge in [-0.2, -0.15) is 0 Å². The van der Waals surface area contributed by atoms with Crippen LogP contribution in [-0.4, -0.2) is 24.2 Å². The molecule has 17 heavy (non-hydrogen) atoms. The van der Waals surface area contributed by atoms with Gasteiger partial charge in [-0.3, -0.25) is 0 Å². The van der Waals surface area contributed by atoms with Crippen molar-refractivity contribution in [2.75, 3.05) is 13.2 Å². The minimum atomic E-state index is -3.04. The third-order valence-corrected chi connectivity index (χ3v) is 3.06. The van der Waals surface area contributed by atoms with Gasteiger partial charge in [0.1, 0.15) is 6.61 Å². The lowest BCUT2D eigenvalue weighted by atomic mass is 10.0. The fourth-order valence-electron chi connectivity index (χ4n) is 1.96. The molecule has 1 atom stereocenters. The second-order valence-electron chi connectivity index (χ2n) is 4.62. The van der Waals surface area contributed by atoms with Gasteiger partial charge in [0.25, 0.3) is 5.92 Å².